The van der Waals surface area contributed by atoms with Gasteiger partial charge in [0, 0.05) is 58.7 Å². The second kappa shape index (κ2) is 11.3. The van der Waals surface area contributed by atoms with Crippen LogP contribution in [0.3, 0.4) is 0 Å². The zero-order valence-corrected chi connectivity index (χ0v) is 20.0. The number of benzene rings is 2. The van der Waals surface area contributed by atoms with E-state index in [0.717, 1.165) is 43.2 Å². The van der Waals surface area contributed by atoms with Crippen LogP contribution in [0.5, 0.6) is 11.5 Å². The van der Waals surface area contributed by atoms with Gasteiger partial charge in [0.05, 0.1) is 20.8 Å². The molecule has 3 rings (SSSR count). The summed E-state index contributed by atoms with van der Waals surface area (Å²) in [6.07, 6.45) is 0. The van der Waals surface area contributed by atoms with Gasteiger partial charge in [0.15, 0.2) is 0 Å². The summed E-state index contributed by atoms with van der Waals surface area (Å²) >= 11 is 0. The molecule has 2 unspecified atom stereocenters. The fraction of sp³-hybridized carbons (Fsp3) is 0.500. The fourth-order valence-electron chi connectivity index (χ4n) is 4.54. The maximum absolute atomic E-state index is 12.3. The van der Waals surface area contributed by atoms with E-state index in [1.54, 1.807) is 28.3 Å². The van der Waals surface area contributed by atoms with Crippen molar-refractivity contribution in [2.45, 2.75) is 26.3 Å². The molecule has 1 amide bonds. The van der Waals surface area contributed by atoms with Gasteiger partial charge in [-0.05, 0) is 36.1 Å². The number of methoxy groups -OCH3 is 3. The van der Waals surface area contributed by atoms with E-state index in [1.807, 2.05) is 11.0 Å². The molecule has 6 nitrogen and oxygen atoms in total. The first kappa shape index (κ1) is 24.1. The molecule has 0 spiro atoms. The van der Waals surface area contributed by atoms with E-state index in [4.69, 9.17) is 14.2 Å². The first-order valence-electron chi connectivity index (χ1n) is 11.2. The minimum atomic E-state index is 0.0979. The minimum absolute atomic E-state index is 0.0979. The highest BCUT2D eigenvalue weighted by atomic mass is 16.5. The van der Waals surface area contributed by atoms with Gasteiger partial charge in [-0.2, -0.15) is 0 Å². The number of aryl methyl sites for hydroxylation is 1. The number of amides is 1. The fourth-order valence-corrected chi connectivity index (χ4v) is 4.54. The summed E-state index contributed by atoms with van der Waals surface area (Å²) in [6.45, 7) is 8.34. The lowest BCUT2D eigenvalue weighted by Crippen LogP contribution is -2.38. The van der Waals surface area contributed by atoms with Gasteiger partial charge < -0.3 is 19.1 Å². The Kier molecular flexibility index (Phi) is 8.53. The quantitative estimate of drug-likeness (QED) is 0.564. The van der Waals surface area contributed by atoms with Crippen LogP contribution in [0.4, 0.5) is 0 Å². The standard InChI is InChI=1S/C26H36N2O4/c1-19-6-8-22(9-7-19)26-18-27(15-21-12-24(31-4)14-25(13-21)32-5)16-23(26)17-28(20(2)29)10-11-30-3/h6-9,12-14,23,26H,10-11,15-18H2,1-5H3. The zero-order chi connectivity index (χ0) is 23.1. The average Bonchev–Trinajstić information content (AvgIpc) is 3.18. The third kappa shape index (κ3) is 6.24. The third-order valence-corrected chi connectivity index (χ3v) is 6.31. The number of ether oxygens (including phenoxy) is 3. The van der Waals surface area contributed by atoms with Gasteiger partial charge in [-0.3, -0.25) is 9.69 Å². The summed E-state index contributed by atoms with van der Waals surface area (Å²) in [5, 5.41) is 0. The molecular weight excluding hydrogens is 404 g/mol. The molecule has 0 radical (unpaired) electrons. The Hall–Kier alpha value is -2.57. The molecule has 1 saturated heterocycles. The Bertz CT molecular complexity index is 862. The van der Waals surface area contributed by atoms with Gasteiger partial charge in [0.2, 0.25) is 5.91 Å². The highest BCUT2D eigenvalue weighted by Gasteiger charge is 2.35. The van der Waals surface area contributed by atoms with Crippen LogP contribution in [0.1, 0.15) is 29.5 Å². The smallest absolute Gasteiger partial charge is 0.219 e. The number of rotatable bonds is 10. The number of carbonyl (C=O) groups is 1. The second-order valence-electron chi connectivity index (χ2n) is 8.65. The topological polar surface area (TPSA) is 51.2 Å². The van der Waals surface area contributed by atoms with E-state index in [9.17, 15) is 4.79 Å². The van der Waals surface area contributed by atoms with E-state index >= 15 is 0 Å². The Morgan fingerprint density at radius 3 is 2.25 bits per heavy atom. The van der Waals surface area contributed by atoms with Gasteiger partial charge >= 0.3 is 0 Å². The lowest BCUT2D eigenvalue weighted by Gasteiger charge is -2.27. The average molecular weight is 441 g/mol. The van der Waals surface area contributed by atoms with Crippen molar-refractivity contribution in [1.82, 2.24) is 9.80 Å². The van der Waals surface area contributed by atoms with Crippen molar-refractivity contribution in [3.8, 4) is 11.5 Å². The summed E-state index contributed by atoms with van der Waals surface area (Å²) < 4.78 is 16.1. The maximum Gasteiger partial charge on any atom is 0.219 e. The first-order chi connectivity index (χ1) is 15.4. The van der Waals surface area contributed by atoms with E-state index in [0.29, 0.717) is 25.0 Å². The van der Waals surface area contributed by atoms with Crippen molar-refractivity contribution < 1.29 is 19.0 Å². The molecule has 0 saturated carbocycles. The van der Waals surface area contributed by atoms with Crippen LogP contribution in [-0.2, 0) is 16.1 Å². The van der Waals surface area contributed by atoms with Gasteiger partial charge in [-0.15, -0.1) is 0 Å². The third-order valence-electron chi connectivity index (χ3n) is 6.31. The van der Waals surface area contributed by atoms with Gasteiger partial charge in [0.1, 0.15) is 11.5 Å². The van der Waals surface area contributed by atoms with Crippen LogP contribution in [0.2, 0.25) is 0 Å². The monoisotopic (exact) mass is 440 g/mol. The predicted octanol–water partition coefficient (Wildman–Crippen LogP) is 3.72. The summed E-state index contributed by atoms with van der Waals surface area (Å²) in [4.78, 5) is 16.7. The molecule has 0 N–H and O–H groups in total. The molecule has 6 heteroatoms. The molecule has 1 fully saturated rings. The Balaban J connectivity index is 1.81. The predicted molar refractivity (Wildman–Crippen MR) is 126 cm³/mol. The molecule has 2 atom stereocenters. The van der Waals surface area contributed by atoms with Gasteiger partial charge in [-0.1, -0.05) is 29.8 Å². The van der Waals surface area contributed by atoms with Crippen LogP contribution in [0, 0.1) is 12.8 Å². The summed E-state index contributed by atoms with van der Waals surface area (Å²) in [5.41, 5.74) is 3.75. The Morgan fingerprint density at radius 2 is 1.69 bits per heavy atom. The number of hydrogen-bond donors (Lipinski definition) is 0. The number of likely N-dealkylation sites (tertiary alicyclic amines) is 1. The van der Waals surface area contributed by atoms with E-state index in [2.05, 4.69) is 48.2 Å². The Labute approximate surface area is 192 Å². The molecule has 2 aromatic rings. The Morgan fingerprint density at radius 1 is 1.03 bits per heavy atom. The van der Waals surface area contributed by atoms with E-state index < -0.39 is 0 Å². The van der Waals surface area contributed by atoms with Crippen molar-refractivity contribution in [3.63, 3.8) is 0 Å². The highest BCUT2D eigenvalue weighted by molar-refractivity contribution is 5.73. The van der Waals surface area contributed by atoms with Crippen molar-refractivity contribution in [2.75, 3.05) is 54.1 Å². The molecule has 0 bridgehead atoms. The molecule has 0 aliphatic carbocycles. The molecule has 32 heavy (non-hydrogen) atoms. The number of nitrogens with zero attached hydrogens (tertiary/aromatic N) is 2. The van der Waals surface area contributed by atoms with Crippen molar-refractivity contribution >= 4 is 5.91 Å². The lowest BCUT2D eigenvalue weighted by molar-refractivity contribution is -0.130. The molecule has 1 aliphatic rings. The number of hydrogen-bond acceptors (Lipinski definition) is 5. The summed E-state index contributed by atoms with van der Waals surface area (Å²) in [7, 11) is 5.02. The normalized spacial score (nSPS) is 18.5. The molecule has 0 aromatic heterocycles. The van der Waals surface area contributed by atoms with Gasteiger partial charge in [-0.25, -0.2) is 0 Å². The van der Waals surface area contributed by atoms with Crippen molar-refractivity contribution in [3.05, 3.63) is 59.2 Å². The van der Waals surface area contributed by atoms with Crippen molar-refractivity contribution in [2.24, 2.45) is 5.92 Å². The largest absolute Gasteiger partial charge is 0.497 e. The molecule has 174 valence electrons. The van der Waals surface area contributed by atoms with E-state index in [1.165, 1.54) is 11.1 Å². The summed E-state index contributed by atoms with van der Waals surface area (Å²) in [5.74, 6) is 2.42. The minimum Gasteiger partial charge on any atom is -0.497 e. The van der Waals surface area contributed by atoms with Crippen LogP contribution < -0.4 is 9.47 Å². The van der Waals surface area contributed by atoms with Crippen molar-refractivity contribution in [1.29, 1.82) is 0 Å². The highest BCUT2D eigenvalue weighted by Crippen LogP contribution is 2.35. The second-order valence-corrected chi connectivity index (χ2v) is 8.65. The SMILES string of the molecule is COCCN(CC1CN(Cc2cc(OC)cc(OC)c2)CC1c1ccc(C)cc1)C(C)=O. The van der Waals surface area contributed by atoms with Crippen LogP contribution in [-0.4, -0.2) is 69.8 Å². The number of carbonyl (C=O) groups excluding carboxylic acids is 1. The maximum atomic E-state index is 12.3. The lowest BCUT2D eigenvalue weighted by atomic mass is 9.88. The molecule has 2 aromatic carbocycles. The molecule has 1 aliphatic heterocycles. The van der Waals surface area contributed by atoms with Crippen LogP contribution in [0.15, 0.2) is 42.5 Å². The zero-order valence-electron chi connectivity index (χ0n) is 20.0. The molecular formula is C26H36N2O4. The van der Waals surface area contributed by atoms with Crippen LogP contribution >= 0.6 is 0 Å². The first-order valence-corrected chi connectivity index (χ1v) is 11.2. The summed E-state index contributed by atoms with van der Waals surface area (Å²) in [6, 6.07) is 14.8. The van der Waals surface area contributed by atoms with Gasteiger partial charge in [0.25, 0.3) is 0 Å². The van der Waals surface area contributed by atoms with Crippen LogP contribution in [0.25, 0.3) is 0 Å². The van der Waals surface area contributed by atoms with E-state index in [-0.39, 0.29) is 5.91 Å². The molecule has 1 heterocycles.